The Morgan fingerprint density at radius 1 is 1.23 bits per heavy atom. The summed E-state index contributed by atoms with van der Waals surface area (Å²) in [5, 5.41) is 30.2. The predicted molar refractivity (Wildman–Crippen MR) is 124 cm³/mol. The molecule has 3 aliphatic carbocycles. The molecule has 0 amide bonds. The Bertz CT molecular complexity index is 683. The van der Waals surface area contributed by atoms with Crippen molar-refractivity contribution in [1.82, 2.24) is 0 Å². The van der Waals surface area contributed by atoms with Crippen molar-refractivity contribution in [1.29, 1.82) is 0 Å². The lowest BCUT2D eigenvalue weighted by Crippen LogP contribution is -2.36. The Morgan fingerprint density at radius 3 is 2.67 bits per heavy atom. The Morgan fingerprint density at radius 2 is 1.97 bits per heavy atom. The molecule has 0 aromatic carbocycles. The van der Waals surface area contributed by atoms with Gasteiger partial charge in [-0.25, -0.2) is 0 Å². The zero-order valence-electron chi connectivity index (χ0n) is 19.7. The highest BCUT2D eigenvalue weighted by atomic mass is 16.3. The molecular weight excluding hydrogens is 372 g/mol. The van der Waals surface area contributed by atoms with Crippen LogP contribution in [0.5, 0.6) is 0 Å². The number of hydrogen-bond acceptors (Lipinski definition) is 3. The Labute approximate surface area is 184 Å². The second-order valence-corrected chi connectivity index (χ2v) is 11.3. The average Bonchev–Trinajstić information content (AvgIpc) is 3.00. The number of rotatable bonds is 6. The van der Waals surface area contributed by atoms with E-state index < -0.39 is 17.8 Å². The van der Waals surface area contributed by atoms with Gasteiger partial charge in [0.2, 0.25) is 0 Å². The van der Waals surface area contributed by atoms with Crippen molar-refractivity contribution < 1.29 is 15.3 Å². The topological polar surface area (TPSA) is 60.7 Å². The van der Waals surface area contributed by atoms with E-state index in [2.05, 4.69) is 32.6 Å². The molecule has 3 nitrogen and oxygen atoms in total. The van der Waals surface area contributed by atoms with Crippen molar-refractivity contribution >= 4 is 0 Å². The van der Waals surface area contributed by atoms with E-state index in [1.54, 1.807) is 5.57 Å². The van der Waals surface area contributed by atoms with E-state index in [0.29, 0.717) is 30.1 Å². The van der Waals surface area contributed by atoms with Crippen LogP contribution in [-0.2, 0) is 0 Å². The van der Waals surface area contributed by atoms with Crippen LogP contribution in [0.2, 0.25) is 0 Å². The van der Waals surface area contributed by atoms with Crippen molar-refractivity contribution in [2.24, 2.45) is 23.2 Å². The Balaban J connectivity index is 1.70. The van der Waals surface area contributed by atoms with Gasteiger partial charge in [-0.05, 0) is 93.1 Å². The molecule has 3 saturated carbocycles. The average molecular weight is 417 g/mol. The van der Waals surface area contributed by atoms with Gasteiger partial charge < -0.3 is 15.3 Å². The van der Waals surface area contributed by atoms with Gasteiger partial charge in [0.1, 0.15) is 0 Å². The molecule has 3 heteroatoms. The number of hydrogen-bond donors (Lipinski definition) is 3. The lowest BCUT2D eigenvalue weighted by molar-refractivity contribution is 0.0596. The van der Waals surface area contributed by atoms with Crippen molar-refractivity contribution in [3.05, 3.63) is 35.5 Å². The fourth-order valence-corrected chi connectivity index (χ4v) is 6.74. The molecule has 0 unspecified atom stereocenters. The first-order valence-corrected chi connectivity index (χ1v) is 12.2. The number of fused-ring (bicyclic) bond motifs is 1. The van der Waals surface area contributed by atoms with Crippen LogP contribution in [0.1, 0.15) is 91.9 Å². The number of aliphatic hydroxyl groups is 3. The third-order valence-electron chi connectivity index (χ3n) is 8.44. The Hall–Kier alpha value is -0.900. The molecule has 0 aromatic rings. The van der Waals surface area contributed by atoms with Crippen LogP contribution in [0, 0.1) is 23.2 Å². The van der Waals surface area contributed by atoms with E-state index in [1.807, 2.05) is 13.8 Å². The summed E-state index contributed by atoms with van der Waals surface area (Å²) in [6, 6.07) is 0. The maximum Gasteiger partial charge on any atom is 0.0811 e. The molecule has 0 heterocycles. The molecule has 30 heavy (non-hydrogen) atoms. The molecule has 0 saturated heterocycles. The maximum atomic E-state index is 10.1. The third kappa shape index (κ3) is 5.29. The van der Waals surface area contributed by atoms with Gasteiger partial charge in [-0.1, -0.05) is 51.0 Å². The molecule has 3 N–H and O–H groups in total. The van der Waals surface area contributed by atoms with Gasteiger partial charge in [-0.2, -0.15) is 0 Å². The quantitative estimate of drug-likeness (QED) is 0.520. The van der Waals surface area contributed by atoms with Crippen LogP contribution in [0.3, 0.4) is 0 Å². The SMILES string of the molecule is C=C1/C(=C\C=C2\CCC[C@]3(C)[C@@H]([C@H](C)CCCC(C)(C)O)CC[C@@H]23)C[C@H](O)C[C@@H]1O. The summed E-state index contributed by atoms with van der Waals surface area (Å²) in [5.74, 6) is 2.11. The van der Waals surface area contributed by atoms with Crippen molar-refractivity contribution in [3.63, 3.8) is 0 Å². The first-order valence-electron chi connectivity index (χ1n) is 12.2. The molecule has 3 fully saturated rings. The second-order valence-electron chi connectivity index (χ2n) is 11.3. The standard InChI is InChI=1S/C27H44O3/c1-18(8-6-14-26(3,4)30)23-12-13-24-20(9-7-15-27(23,24)5)10-11-21-16-22(28)17-25(29)19(21)2/h10-11,18,22-25,28-30H,2,6-9,12-17H2,1,3-5H3/b20-10-,21-11-/t18-,22+,23-,24+,25+,27-/m1/s1. The van der Waals surface area contributed by atoms with Crippen LogP contribution in [0.4, 0.5) is 0 Å². The molecule has 6 atom stereocenters. The van der Waals surface area contributed by atoms with Crippen molar-refractivity contribution in [2.45, 2.75) is 110 Å². The first-order chi connectivity index (χ1) is 14.0. The molecule has 3 rings (SSSR count). The van der Waals surface area contributed by atoms with Gasteiger partial charge in [-0.3, -0.25) is 0 Å². The van der Waals surface area contributed by atoms with Crippen molar-refractivity contribution in [2.75, 3.05) is 0 Å². The molecule has 0 aromatic heterocycles. The van der Waals surface area contributed by atoms with Gasteiger partial charge in [-0.15, -0.1) is 0 Å². The molecule has 0 radical (unpaired) electrons. The fraction of sp³-hybridized carbons (Fsp3) is 0.778. The summed E-state index contributed by atoms with van der Waals surface area (Å²) in [5.41, 5.74) is 3.17. The predicted octanol–water partition coefficient (Wildman–Crippen LogP) is 5.70. The molecule has 0 bridgehead atoms. The van der Waals surface area contributed by atoms with Gasteiger partial charge in [0.15, 0.2) is 0 Å². The van der Waals surface area contributed by atoms with E-state index in [-0.39, 0.29) is 0 Å². The third-order valence-corrected chi connectivity index (χ3v) is 8.44. The van der Waals surface area contributed by atoms with E-state index in [9.17, 15) is 15.3 Å². The summed E-state index contributed by atoms with van der Waals surface area (Å²) >= 11 is 0. The van der Waals surface area contributed by atoms with Gasteiger partial charge >= 0.3 is 0 Å². The normalized spacial score (nSPS) is 38.8. The fourth-order valence-electron chi connectivity index (χ4n) is 6.74. The van der Waals surface area contributed by atoms with Crippen LogP contribution < -0.4 is 0 Å². The maximum absolute atomic E-state index is 10.1. The monoisotopic (exact) mass is 416 g/mol. The van der Waals surface area contributed by atoms with Crippen molar-refractivity contribution in [3.8, 4) is 0 Å². The highest BCUT2D eigenvalue weighted by Gasteiger charge is 2.50. The minimum Gasteiger partial charge on any atom is -0.393 e. The zero-order chi connectivity index (χ0) is 22.1. The highest BCUT2D eigenvalue weighted by molar-refractivity contribution is 5.38. The van der Waals surface area contributed by atoms with E-state index in [1.165, 1.54) is 38.5 Å². The largest absolute Gasteiger partial charge is 0.393 e. The summed E-state index contributed by atoms with van der Waals surface area (Å²) in [6.07, 6.45) is 13.9. The summed E-state index contributed by atoms with van der Waals surface area (Å²) in [7, 11) is 0. The lowest BCUT2D eigenvalue weighted by atomic mass is 9.60. The van der Waals surface area contributed by atoms with Crippen LogP contribution in [0.25, 0.3) is 0 Å². The number of aliphatic hydroxyl groups excluding tert-OH is 2. The van der Waals surface area contributed by atoms with E-state index in [0.717, 1.165) is 29.9 Å². The summed E-state index contributed by atoms with van der Waals surface area (Å²) in [4.78, 5) is 0. The zero-order valence-corrected chi connectivity index (χ0v) is 19.7. The van der Waals surface area contributed by atoms with Gasteiger partial charge in [0.25, 0.3) is 0 Å². The lowest BCUT2D eigenvalue weighted by Gasteiger charge is -2.44. The van der Waals surface area contributed by atoms with Crippen LogP contribution >= 0.6 is 0 Å². The van der Waals surface area contributed by atoms with Gasteiger partial charge in [0, 0.05) is 6.42 Å². The summed E-state index contributed by atoms with van der Waals surface area (Å²) < 4.78 is 0. The first kappa shape index (κ1) is 23.8. The van der Waals surface area contributed by atoms with E-state index in [4.69, 9.17) is 0 Å². The molecule has 3 aliphatic rings. The van der Waals surface area contributed by atoms with Crippen LogP contribution in [-0.4, -0.2) is 33.1 Å². The summed E-state index contributed by atoms with van der Waals surface area (Å²) in [6.45, 7) is 12.8. The van der Waals surface area contributed by atoms with E-state index >= 15 is 0 Å². The Kier molecular flexibility index (Phi) is 7.37. The minimum atomic E-state index is -0.615. The second kappa shape index (κ2) is 9.30. The molecular formula is C27H44O3. The molecule has 170 valence electrons. The smallest absolute Gasteiger partial charge is 0.0811 e. The number of allylic oxidation sites excluding steroid dienone is 3. The highest BCUT2D eigenvalue weighted by Crippen LogP contribution is 2.60. The molecule has 0 aliphatic heterocycles. The van der Waals surface area contributed by atoms with Gasteiger partial charge in [0.05, 0.1) is 17.8 Å². The molecule has 0 spiro atoms. The van der Waals surface area contributed by atoms with Crippen LogP contribution in [0.15, 0.2) is 35.5 Å². The minimum absolute atomic E-state index is 0.374.